The van der Waals surface area contributed by atoms with Crippen molar-refractivity contribution in [3.8, 4) is 0 Å². The first-order valence-electron chi connectivity index (χ1n) is 8.84. The van der Waals surface area contributed by atoms with E-state index < -0.39 is 0 Å². The molecule has 27 heavy (non-hydrogen) atoms. The Morgan fingerprint density at radius 3 is 2.30 bits per heavy atom. The minimum atomic E-state index is -0.297. The first kappa shape index (κ1) is 18.5. The average molecular weight is 362 g/mol. The summed E-state index contributed by atoms with van der Waals surface area (Å²) in [4.78, 5) is 25.1. The summed E-state index contributed by atoms with van der Waals surface area (Å²) in [6, 6.07) is 18.6. The van der Waals surface area contributed by atoms with Crippen LogP contribution >= 0.6 is 0 Å². The van der Waals surface area contributed by atoms with Crippen molar-refractivity contribution < 1.29 is 14.0 Å². The number of aryl methyl sites for hydroxylation is 2. The van der Waals surface area contributed by atoms with Crippen molar-refractivity contribution in [1.29, 1.82) is 0 Å². The largest absolute Gasteiger partial charge is 0.466 e. The number of carbonyl (C=O) groups is 2. The van der Waals surface area contributed by atoms with Crippen LogP contribution in [0.4, 0.5) is 5.69 Å². The number of para-hydroxylation sites is 1. The van der Waals surface area contributed by atoms with Gasteiger partial charge in [-0.05, 0) is 44.0 Å². The molecule has 2 N–H and O–H groups in total. The number of hydrogen-bond acceptors (Lipinski definition) is 3. The first-order chi connectivity index (χ1) is 13.0. The van der Waals surface area contributed by atoms with Gasteiger partial charge >= 0.3 is 0 Å². The predicted molar refractivity (Wildman–Crippen MR) is 105 cm³/mol. The van der Waals surface area contributed by atoms with Gasteiger partial charge < -0.3 is 15.1 Å². The summed E-state index contributed by atoms with van der Waals surface area (Å²) in [5.41, 5.74) is 2.52. The van der Waals surface area contributed by atoms with Crippen LogP contribution in [0, 0.1) is 13.8 Å². The molecular weight excluding hydrogens is 340 g/mol. The van der Waals surface area contributed by atoms with E-state index in [1.54, 1.807) is 44.2 Å². The monoisotopic (exact) mass is 362 g/mol. The van der Waals surface area contributed by atoms with Crippen LogP contribution in [0.25, 0.3) is 0 Å². The summed E-state index contributed by atoms with van der Waals surface area (Å²) >= 11 is 0. The second kappa shape index (κ2) is 8.36. The number of nitrogens with one attached hydrogen (secondary N) is 2. The normalized spacial score (nSPS) is 10.4. The number of furan rings is 1. The molecule has 0 radical (unpaired) electrons. The van der Waals surface area contributed by atoms with Gasteiger partial charge in [0.25, 0.3) is 11.8 Å². The molecule has 0 aliphatic rings. The molecular formula is C22H22N2O3. The topological polar surface area (TPSA) is 71.3 Å². The zero-order valence-electron chi connectivity index (χ0n) is 15.4. The molecule has 2 amide bonds. The molecule has 3 aromatic rings. The van der Waals surface area contributed by atoms with Gasteiger partial charge in [0, 0.05) is 6.54 Å². The zero-order valence-corrected chi connectivity index (χ0v) is 15.4. The molecule has 138 valence electrons. The Kier molecular flexibility index (Phi) is 5.71. The van der Waals surface area contributed by atoms with E-state index >= 15 is 0 Å². The highest BCUT2D eigenvalue weighted by Gasteiger charge is 2.17. The van der Waals surface area contributed by atoms with Crippen LogP contribution in [-0.2, 0) is 6.42 Å². The Morgan fingerprint density at radius 1 is 0.889 bits per heavy atom. The Hall–Kier alpha value is -3.34. The third kappa shape index (κ3) is 4.64. The molecule has 3 rings (SSSR count). The van der Waals surface area contributed by atoms with Gasteiger partial charge in [0.1, 0.15) is 11.5 Å². The van der Waals surface area contributed by atoms with Crippen LogP contribution in [0.1, 0.15) is 37.8 Å². The Morgan fingerprint density at radius 2 is 1.59 bits per heavy atom. The Labute approximate surface area is 158 Å². The summed E-state index contributed by atoms with van der Waals surface area (Å²) in [6.45, 7) is 4.05. The van der Waals surface area contributed by atoms with E-state index in [1.165, 1.54) is 0 Å². The van der Waals surface area contributed by atoms with E-state index in [-0.39, 0.29) is 11.8 Å². The molecule has 2 aromatic carbocycles. The van der Waals surface area contributed by atoms with Crippen molar-refractivity contribution in [2.24, 2.45) is 0 Å². The second-order valence-corrected chi connectivity index (χ2v) is 6.32. The van der Waals surface area contributed by atoms with Gasteiger partial charge in [0.2, 0.25) is 0 Å². The van der Waals surface area contributed by atoms with E-state index in [9.17, 15) is 9.59 Å². The molecule has 0 aliphatic carbocycles. The SMILES string of the molecule is Cc1cc(C(=O)Nc2ccccc2C(=O)NCCc2ccccc2)c(C)o1. The number of benzene rings is 2. The van der Waals surface area contributed by atoms with Gasteiger partial charge in [-0.25, -0.2) is 0 Å². The van der Waals surface area contributed by atoms with Gasteiger partial charge in [-0.2, -0.15) is 0 Å². The van der Waals surface area contributed by atoms with Crippen LogP contribution in [0.15, 0.2) is 65.1 Å². The third-order valence-corrected chi connectivity index (χ3v) is 4.25. The average Bonchev–Trinajstić information content (AvgIpc) is 3.01. The van der Waals surface area contributed by atoms with Crippen molar-refractivity contribution in [3.05, 3.63) is 88.9 Å². The predicted octanol–water partition coefficient (Wildman–Crippen LogP) is 4.12. The van der Waals surface area contributed by atoms with E-state index in [0.29, 0.717) is 34.9 Å². The number of anilines is 1. The molecule has 1 aromatic heterocycles. The van der Waals surface area contributed by atoms with Gasteiger partial charge in [-0.1, -0.05) is 42.5 Å². The lowest BCUT2D eigenvalue weighted by atomic mass is 10.1. The smallest absolute Gasteiger partial charge is 0.259 e. The van der Waals surface area contributed by atoms with Crippen molar-refractivity contribution in [3.63, 3.8) is 0 Å². The van der Waals surface area contributed by atoms with Gasteiger partial charge in [0.15, 0.2) is 0 Å². The Bertz CT molecular complexity index is 945. The highest BCUT2D eigenvalue weighted by Crippen LogP contribution is 2.19. The number of rotatable bonds is 6. The lowest BCUT2D eigenvalue weighted by Crippen LogP contribution is -2.27. The van der Waals surface area contributed by atoms with Gasteiger partial charge in [-0.3, -0.25) is 9.59 Å². The molecule has 0 saturated heterocycles. The molecule has 0 aliphatic heterocycles. The lowest BCUT2D eigenvalue weighted by molar-refractivity contribution is 0.0955. The summed E-state index contributed by atoms with van der Waals surface area (Å²) in [7, 11) is 0. The minimum absolute atomic E-state index is 0.220. The Balaban J connectivity index is 1.67. The number of carbonyl (C=O) groups excluding carboxylic acids is 2. The van der Waals surface area contributed by atoms with Crippen LogP contribution < -0.4 is 10.6 Å². The van der Waals surface area contributed by atoms with Gasteiger partial charge in [0.05, 0.1) is 16.8 Å². The van der Waals surface area contributed by atoms with Crippen LogP contribution in [0.2, 0.25) is 0 Å². The first-order valence-corrected chi connectivity index (χ1v) is 8.84. The quantitative estimate of drug-likeness (QED) is 0.693. The summed E-state index contributed by atoms with van der Waals surface area (Å²) in [6.07, 6.45) is 0.745. The minimum Gasteiger partial charge on any atom is -0.466 e. The van der Waals surface area contributed by atoms with Crippen molar-refractivity contribution in [1.82, 2.24) is 5.32 Å². The fourth-order valence-electron chi connectivity index (χ4n) is 2.90. The maximum Gasteiger partial charge on any atom is 0.259 e. The van der Waals surface area contributed by atoms with E-state index in [0.717, 1.165) is 12.0 Å². The molecule has 0 saturated carbocycles. The van der Waals surface area contributed by atoms with Crippen molar-refractivity contribution in [2.75, 3.05) is 11.9 Å². The van der Waals surface area contributed by atoms with Crippen molar-refractivity contribution in [2.45, 2.75) is 20.3 Å². The molecule has 5 nitrogen and oxygen atoms in total. The van der Waals surface area contributed by atoms with E-state index in [2.05, 4.69) is 10.6 Å². The fraction of sp³-hybridized carbons (Fsp3) is 0.182. The molecule has 0 spiro atoms. The second-order valence-electron chi connectivity index (χ2n) is 6.32. The molecule has 0 bridgehead atoms. The standard InChI is InChI=1S/C22H22N2O3/c1-15-14-19(16(2)27-15)22(26)24-20-11-7-6-10-18(20)21(25)23-13-12-17-8-4-3-5-9-17/h3-11,14H,12-13H2,1-2H3,(H,23,25)(H,24,26). The third-order valence-electron chi connectivity index (χ3n) is 4.25. The maximum absolute atomic E-state index is 12.6. The maximum atomic E-state index is 12.6. The molecule has 5 heteroatoms. The molecule has 0 atom stereocenters. The number of hydrogen-bond donors (Lipinski definition) is 2. The van der Waals surface area contributed by atoms with Gasteiger partial charge in [-0.15, -0.1) is 0 Å². The zero-order chi connectivity index (χ0) is 19.2. The number of amides is 2. The summed E-state index contributed by atoms with van der Waals surface area (Å²) < 4.78 is 5.41. The highest BCUT2D eigenvalue weighted by molar-refractivity contribution is 6.09. The molecule has 0 fully saturated rings. The van der Waals surface area contributed by atoms with E-state index in [1.807, 2.05) is 30.3 Å². The highest BCUT2D eigenvalue weighted by atomic mass is 16.3. The molecule has 0 unspecified atom stereocenters. The summed E-state index contributed by atoms with van der Waals surface area (Å²) in [5, 5.41) is 5.72. The fourth-order valence-corrected chi connectivity index (χ4v) is 2.90. The summed E-state index contributed by atoms with van der Waals surface area (Å²) in [5.74, 6) is 0.704. The van der Waals surface area contributed by atoms with Crippen LogP contribution in [-0.4, -0.2) is 18.4 Å². The van der Waals surface area contributed by atoms with E-state index in [4.69, 9.17) is 4.42 Å². The van der Waals surface area contributed by atoms with Crippen LogP contribution in [0.5, 0.6) is 0 Å². The lowest BCUT2D eigenvalue weighted by Gasteiger charge is -2.11. The van der Waals surface area contributed by atoms with Crippen molar-refractivity contribution >= 4 is 17.5 Å². The molecule has 1 heterocycles. The van der Waals surface area contributed by atoms with Crippen LogP contribution in [0.3, 0.4) is 0 Å².